The van der Waals surface area contributed by atoms with Gasteiger partial charge >= 0.3 is 0 Å². The van der Waals surface area contributed by atoms with Crippen molar-refractivity contribution in [1.29, 1.82) is 5.26 Å². The summed E-state index contributed by atoms with van der Waals surface area (Å²) in [7, 11) is 0. The molecule has 8 heteroatoms. The molecular weight excluding hydrogens is 446 g/mol. The molecule has 2 aliphatic rings. The zero-order valence-corrected chi connectivity index (χ0v) is 20.7. The second-order valence-electron chi connectivity index (χ2n) is 9.43. The van der Waals surface area contributed by atoms with Crippen molar-refractivity contribution in [3.05, 3.63) is 46.1 Å². The normalized spacial score (nSPS) is 21.1. The maximum Gasteiger partial charge on any atom is 0.239 e. The van der Waals surface area contributed by atoms with E-state index in [-0.39, 0.29) is 12.0 Å². The van der Waals surface area contributed by atoms with Gasteiger partial charge in [-0.25, -0.2) is 4.98 Å². The van der Waals surface area contributed by atoms with E-state index < -0.39 is 0 Å². The summed E-state index contributed by atoms with van der Waals surface area (Å²) in [4.78, 5) is 20.2. The second kappa shape index (κ2) is 9.87. The first-order chi connectivity index (χ1) is 16.5. The number of benzene rings is 1. The first-order valence-corrected chi connectivity index (χ1v) is 12.9. The molecule has 34 heavy (non-hydrogen) atoms. The molecule has 2 fully saturated rings. The lowest BCUT2D eigenvalue weighted by atomic mass is 9.99. The van der Waals surface area contributed by atoms with Crippen LogP contribution in [0.4, 0.5) is 5.82 Å². The zero-order chi connectivity index (χ0) is 23.7. The summed E-state index contributed by atoms with van der Waals surface area (Å²) in [5, 5.41) is 14.0. The lowest BCUT2D eigenvalue weighted by Gasteiger charge is -2.31. The molecule has 2 atom stereocenters. The number of nitriles is 1. The molecular formula is C26H31N5O2S. The van der Waals surface area contributed by atoms with Gasteiger partial charge in [0.15, 0.2) is 0 Å². The summed E-state index contributed by atoms with van der Waals surface area (Å²) in [6.07, 6.45) is 4.34. The van der Waals surface area contributed by atoms with E-state index in [1.165, 1.54) is 4.70 Å². The van der Waals surface area contributed by atoms with Crippen molar-refractivity contribution in [3.8, 4) is 6.07 Å². The van der Waals surface area contributed by atoms with Crippen LogP contribution in [0, 0.1) is 25.2 Å². The van der Waals surface area contributed by atoms with E-state index in [0.29, 0.717) is 30.4 Å². The van der Waals surface area contributed by atoms with Crippen LogP contribution in [0.2, 0.25) is 0 Å². The minimum absolute atomic E-state index is 0.0764. The highest BCUT2D eigenvalue weighted by Crippen LogP contribution is 2.33. The zero-order valence-electron chi connectivity index (χ0n) is 19.8. The third kappa shape index (κ3) is 4.61. The molecule has 1 amide bonds. The van der Waals surface area contributed by atoms with E-state index in [9.17, 15) is 10.1 Å². The Labute approximate surface area is 204 Å². The number of para-hydroxylation sites is 1. The van der Waals surface area contributed by atoms with Crippen LogP contribution in [-0.2, 0) is 16.1 Å². The number of carbonyl (C=O) groups is 1. The van der Waals surface area contributed by atoms with E-state index in [1.807, 2.05) is 19.9 Å². The smallest absolute Gasteiger partial charge is 0.239 e. The summed E-state index contributed by atoms with van der Waals surface area (Å²) in [5.74, 6) is 0.881. The van der Waals surface area contributed by atoms with Gasteiger partial charge in [-0.15, -0.1) is 11.3 Å². The number of amides is 1. The highest BCUT2D eigenvalue weighted by molar-refractivity contribution is 7.18. The lowest BCUT2D eigenvalue weighted by molar-refractivity contribution is -0.117. The van der Waals surface area contributed by atoms with Crippen molar-refractivity contribution in [3.63, 3.8) is 0 Å². The fraction of sp³-hybridized carbons (Fsp3) is 0.500. The molecule has 1 N–H and O–H groups in total. The largest absolute Gasteiger partial charge is 0.376 e. The van der Waals surface area contributed by atoms with Crippen LogP contribution in [0.5, 0.6) is 0 Å². The predicted octanol–water partition coefficient (Wildman–Crippen LogP) is 4.58. The molecule has 3 aromatic rings. The van der Waals surface area contributed by atoms with Gasteiger partial charge in [0, 0.05) is 24.8 Å². The summed E-state index contributed by atoms with van der Waals surface area (Å²) < 4.78 is 9.10. The van der Waals surface area contributed by atoms with Gasteiger partial charge in [-0.3, -0.25) is 9.69 Å². The van der Waals surface area contributed by atoms with E-state index in [2.05, 4.69) is 39.1 Å². The molecule has 0 saturated carbocycles. The molecule has 0 aliphatic carbocycles. The van der Waals surface area contributed by atoms with Gasteiger partial charge in [0.05, 0.1) is 40.0 Å². The number of aromatic nitrogens is 2. The van der Waals surface area contributed by atoms with Gasteiger partial charge in [0.1, 0.15) is 11.9 Å². The first kappa shape index (κ1) is 23.0. The number of hydrogen-bond acceptors (Lipinski definition) is 6. The van der Waals surface area contributed by atoms with Crippen LogP contribution < -0.4 is 5.32 Å². The molecule has 0 radical (unpaired) electrons. The van der Waals surface area contributed by atoms with Gasteiger partial charge in [0.2, 0.25) is 5.91 Å². The highest BCUT2D eigenvalue weighted by Gasteiger charge is 2.27. The molecule has 2 aliphatic heterocycles. The molecule has 5 rings (SSSR count). The number of thiazole rings is 1. The van der Waals surface area contributed by atoms with Gasteiger partial charge in [-0.1, -0.05) is 12.1 Å². The number of fused-ring (bicyclic) bond motifs is 1. The topological polar surface area (TPSA) is 83.2 Å². The van der Waals surface area contributed by atoms with E-state index in [0.717, 1.165) is 67.2 Å². The fourth-order valence-corrected chi connectivity index (χ4v) is 6.28. The molecule has 7 nitrogen and oxygen atoms in total. The average molecular weight is 478 g/mol. The Morgan fingerprint density at radius 1 is 1.29 bits per heavy atom. The van der Waals surface area contributed by atoms with Gasteiger partial charge in [-0.2, -0.15) is 5.26 Å². The van der Waals surface area contributed by atoms with Crippen molar-refractivity contribution in [1.82, 2.24) is 14.5 Å². The minimum atomic E-state index is -0.0764. The number of ether oxygens (including phenoxy) is 1. The average Bonchev–Trinajstić information content (AvgIpc) is 3.55. The molecule has 2 aromatic heterocycles. The Kier molecular flexibility index (Phi) is 6.68. The summed E-state index contributed by atoms with van der Waals surface area (Å²) in [5.41, 5.74) is 3.54. The molecule has 0 spiro atoms. The number of carbonyl (C=O) groups excluding carboxylic acids is 1. The van der Waals surface area contributed by atoms with Crippen molar-refractivity contribution in [2.75, 3.05) is 31.6 Å². The van der Waals surface area contributed by atoms with E-state index in [1.54, 1.807) is 11.3 Å². The number of likely N-dealkylation sites (tertiary alicyclic amines) is 1. The van der Waals surface area contributed by atoms with Crippen molar-refractivity contribution in [2.24, 2.45) is 0 Å². The monoisotopic (exact) mass is 477 g/mol. The van der Waals surface area contributed by atoms with E-state index in [4.69, 9.17) is 9.72 Å². The van der Waals surface area contributed by atoms with Crippen molar-refractivity contribution >= 4 is 33.3 Å². The van der Waals surface area contributed by atoms with Gasteiger partial charge in [-0.05, 0) is 63.8 Å². The number of nitrogens with zero attached hydrogens (tertiary/aromatic N) is 4. The van der Waals surface area contributed by atoms with Crippen molar-refractivity contribution < 1.29 is 9.53 Å². The molecule has 2 saturated heterocycles. The molecule has 4 heterocycles. The molecule has 1 aromatic carbocycles. The van der Waals surface area contributed by atoms with Crippen LogP contribution in [0.15, 0.2) is 24.3 Å². The maximum absolute atomic E-state index is 13.1. The summed E-state index contributed by atoms with van der Waals surface area (Å²) in [6, 6.07) is 10.6. The number of anilines is 1. The van der Waals surface area contributed by atoms with Crippen LogP contribution in [-0.4, -0.2) is 52.7 Å². The Hall–Kier alpha value is -2.73. The predicted molar refractivity (Wildman–Crippen MR) is 134 cm³/mol. The number of nitrogens with one attached hydrogen (secondary N) is 1. The Morgan fingerprint density at radius 2 is 2.15 bits per heavy atom. The fourth-order valence-electron chi connectivity index (χ4n) is 5.19. The third-order valence-electron chi connectivity index (χ3n) is 7.14. The Morgan fingerprint density at radius 3 is 2.91 bits per heavy atom. The summed E-state index contributed by atoms with van der Waals surface area (Å²) in [6.45, 7) is 7.43. The third-order valence-corrected chi connectivity index (χ3v) is 8.34. The Bertz CT molecular complexity index is 1200. The first-order valence-electron chi connectivity index (χ1n) is 12.1. The van der Waals surface area contributed by atoms with Gasteiger partial charge < -0.3 is 14.6 Å². The van der Waals surface area contributed by atoms with Crippen LogP contribution in [0.25, 0.3) is 10.2 Å². The lowest BCUT2D eigenvalue weighted by Crippen LogP contribution is -2.40. The Balaban J connectivity index is 1.28. The highest BCUT2D eigenvalue weighted by atomic mass is 32.1. The molecule has 178 valence electrons. The summed E-state index contributed by atoms with van der Waals surface area (Å²) >= 11 is 1.76. The van der Waals surface area contributed by atoms with Crippen LogP contribution in [0.3, 0.4) is 0 Å². The minimum Gasteiger partial charge on any atom is -0.376 e. The van der Waals surface area contributed by atoms with Crippen molar-refractivity contribution in [2.45, 2.75) is 58.1 Å². The quantitative estimate of drug-likeness (QED) is 0.562. The molecule has 2 unspecified atom stereocenters. The van der Waals surface area contributed by atoms with Crippen LogP contribution in [0.1, 0.15) is 53.4 Å². The second-order valence-corrected chi connectivity index (χ2v) is 10.5. The molecule has 0 bridgehead atoms. The number of piperidine rings is 1. The van der Waals surface area contributed by atoms with E-state index >= 15 is 0 Å². The maximum atomic E-state index is 13.1. The number of hydrogen-bond donors (Lipinski definition) is 1. The SMILES string of the molecule is Cc1c(C#N)c(NC(=O)CN2CCCC(c3nc4ccccc4s3)C2)n(CC2CCCO2)c1C. The standard InChI is InChI=1S/C26H31N5O2S/c1-17-18(2)31(15-20-8-6-12-33-20)25(21(17)13-27)29-24(32)16-30-11-5-7-19(14-30)26-28-22-9-3-4-10-23(22)34-26/h3-4,9-10,19-20H,5-8,11-12,14-16H2,1-2H3,(H,29,32). The number of rotatable bonds is 6. The van der Waals surface area contributed by atoms with Gasteiger partial charge in [0.25, 0.3) is 0 Å². The van der Waals surface area contributed by atoms with Crippen LogP contribution >= 0.6 is 11.3 Å².